The minimum atomic E-state index is -0.0541. The van der Waals surface area contributed by atoms with Crippen LogP contribution >= 0.6 is 0 Å². The Balaban J connectivity index is 1.32. The number of carbonyl (C=O) groups excluding carboxylic acids is 1. The molecular formula is C23H25N3O. The molecule has 1 aliphatic rings. The summed E-state index contributed by atoms with van der Waals surface area (Å²) in [4.78, 5) is 12.7. The molecule has 0 radical (unpaired) electrons. The van der Waals surface area contributed by atoms with Gasteiger partial charge < -0.3 is 5.32 Å². The highest BCUT2D eigenvalue weighted by atomic mass is 16.2. The van der Waals surface area contributed by atoms with Gasteiger partial charge in [0.2, 0.25) is 0 Å². The molecule has 0 spiro atoms. The summed E-state index contributed by atoms with van der Waals surface area (Å²) in [5, 5.41) is 7.42. The van der Waals surface area contributed by atoms with E-state index in [0.717, 1.165) is 25.1 Å². The van der Waals surface area contributed by atoms with Gasteiger partial charge in [-0.1, -0.05) is 48.5 Å². The molecule has 27 heavy (non-hydrogen) atoms. The van der Waals surface area contributed by atoms with Crippen LogP contribution in [0, 0.1) is 5.92 Å². The zero-order valence-electron chi connectivity index (χ0n) is 15.4. The SMILES string of the molecule is O=C(NCC1CCC(c2ccccc2)CC1)c1ccnn1-c1ccccc1. The molecule has 1 fully saturated rings. The smallest absolute Gasteiger partial charge is 0.270 e. The average molecular weight is 359 g/mol. The standard InChI is InChI=1S/C23H25N3O/c27-23(22-15-16-25-26(22)21-9-5-2-6-10-21)24-17-18-11-13-20(14-12-18)19-7-3-1-4-8-19/h1-10,15-16,18,20H,11-14,17H2,(H,24,27). The number of carbonyl (C=O) groups is 1. The molecule has 1 aromatic heterocycles. The van der Waals surface area contributed by atoms with Crippen molar-refractivity contribution in [1.82, 2.24) is 15.1 Å². The van der Waals surface area contributed by atoms with Crippen molar-refractivity contribution in [2.45, 2.75) is 31.6 Å². The van der Waals surface area contributed by atoms with Crippen LogP contribution in [0.2, 0.25) is 0 Å². The third kappa shape index (κ3) is 4.11. The van der Waals surface area contributed by atoms with Gasteiger partial charge in [0.05, 0.1) is 11.9 Å². The van der Waals surface area contributed by atoms with Crippen molar-refractivity contribution >= 4 is 5.91 Å². The molecule has 3 aromatic rings. The summed E-state index contributed by atoms with van der Waals surface area (Å²) in [6.45, 7) is 0.736. The molecule has 4 heteroatoms. The summed E-state index contributed by atoms with van der Waals surface area (Å²) >= 11 is 0. The number of aromatic nitrogens is 2. The molecular weight excluding hydrogens is 334 g/mol. The predicted octanol–water partition coefficient (Wildman–Crippen LogP) is 4.58. The third-order valence-corrected chi connectivity index (χ3v) is 5.55. The van der Waals surface area contributed by atoms with Gasteiger partial charge in [0, 0.05) is 6.54 Å². The van der Waals surface area contributed by atoms with Gasteiger partial charge in [0.1, 0.15) is 5.69 Å². The van der Waals surface area contributed by atoms with Gasteiger partial charge in [-0.2, -0.15) is 5.10 Å². The average Bonchev–Trinajstić information content (AvgIpc) is 3.24. The van der Waals surface area contributed by atoms with E-state index in [-0.39, 0.29) is 5.91 Å². The number of hydrogen-bond donors (Lipinski definition) is 1. The third-order valence-electron chi connectivity index (χ3n) is 5.55. The molecule has 2 aromatic carbocycles. The van der Waals surface area contributed by atoms with E-state index in [1.807, 2.05) is 30.3 Å². The van der Waals surface area contributed by atoms with E-state index < -0.39 is 0 Å². The van der Waals surface area contributed by atoms with Gasteiger partial charge in [-0.25, -0.2) is 4.68 Å². The zero-order chi connectivity index (χ0) is 18.5. The van der Waals surface area contributed by atoms with Crippen LogP contribution in [0.5, 0.6) is 0 Å². The molecule has 138 valence electrons. The van der Waals surface area contributed by atoms with Gasteiger partial charge in [0.25, 0.3) is 5.91 Å². The molecule has 4 rings (SSSR count). The lowest BCUT2D eigenvalue weighted by Crippen LogP contribution is -2.32. The monoisotopic (exact) mass is 359 g/mol. The van der Waals surface area contributed by atoms with E-state index in [2.05, 4.69) is 40.7 Å². The molecule has 1 saturated carbocycles. The zero-order valence-corrected chi connectivity index (χ0v) is 15.4. The van der Waals surface area contributed by atoms with Gasteiger partial charge in [-0.05, 0) is 61.3 Å². The fourth-order valence-electron chi connectivity index (χ4n) is 4.00. The van der Waals surface area contributed by atoms with E-state index in [9.17, 15) is 4.79 Å². The molecule has 1 N–H and O–H groups in total. The van der Waals surface area contributed by atoms with Crippen molar-refractivity contribution in [3.05, 3.63) is 84.2 Å². The van der Waals surface area contributed by atoms with Crippen molar-refractivity contribution in [3.63, 3.8) is 0 Å². The van der Waals surface area contributed by atoms with Crippen molar-refractivity contribution in [1.29, 1.82) is 0 Å². The number of para-hydroxylation sites is 1. The highest BCUT2D eigenvalue weighted by Gasteiger charge is 2.23. The van der Waals surface area contributed by atoms with Crippen LogP contribution in [0.4, 0.5) is 0 Å². The highest BCUT2D eigenvalue weighted by molar-refractivity contribution is 5.93. The molecule has 1 aliphatic carbocycles. The predicted molar refractivity (Wildman–Crippen MR) is 107 cm³/mol. The Morgan fingerprint density at radius 3 is 2.30 bits per heavy atom. The highest BCUT2D eigenvalue weighted by Crippen LogP contribution is 2.35. The molecule has 1 heterocycles. The minimum Gasteiger partial charge on any atom is -0.350 e. The Morgan fingerprint density at radius 2 is 1.59 bits per heavy atom. The van der Waals surface area contributed by atoms with Crippen molar-refractivity contribution in [2.24, 2.45) is 5.92 Å². The van der Waals surface area contributed by atoms with Gasteiger partial charge in [-0.15, -0.1) is 0 Å². The Labute approximate surface area is 160 Å². The fraction of sp³-hybridized carbons (Fsp3) is 0.304. The maximum absolute atomic E-state index is 12.7. The Bertz CT molecular complexity index is 865. The normalized spacial score (nSPS) is 19.6. The van der Waals surface area contributed by atoms with Gasteiger partial charge >= 0.3 is 0 Å². The molecule has 0 saturated heterocycles. The molecule has 1 amide bonds. The summed E-state index contributed by atoms with van der Waals surface area (Å²) in [6.07, 6.45) is 6.40. The Morgan fingerprint density at radius 1 is 0.926 bits per heavy atom. The Kier molecular flexibility index (Phi) is 5.33. The molecule has 0 aliphatic heterocycles. The van der Waals surface area contributed by atoms with E-state index >= 15 is 0 Å². The molecule has 0 atom stereocenters. The van der Waals surface area contributed by atoms with Gasteiger partial charge in [0.15, 0.2) is 0 Å². The summed E-state index contributed by atoms with van der Waals surface area (Å²) in [5.41, 5.74) is 2.93. The van der Waals surface area contributed by atoms with Crippen molar-refractivity contribution in [2.75, 3.05) is 6.54 Å². The first-order valence-electron chi connectivity index (χ1n) is 9.74. The largest absolute Gasteiger partial charge is 0.350 e. The lowest BCUT2D eigenvalue weighted by atomic mass is 9.79. The number of nitrogens with zero attached hydrogens (tertiary/aromatic N) is 2. The Hall–Kier alpha value is -2.88. The minimum absolute atomic E-state index is 0.0541. The maximum Gasteiger partial charge on any atom is 0.270 e. The number of rotatable bonds is 5. The summed E-state index contributed by atoms with van der Waals surface area (Å²) in [5.74, 6) is 1.17. The second-order valence-electron chi connectivity index (χ2n) is 7.30. The van der Waals surface area contributed by atoms with E-state index in [1.54, 1.807) is 16.9 Å². The van der Waals surface area contributed by atoms with Crippen LogP contribution in [0.25, 0.3) is 5.69 Å². The van der Waals surface area contributed by atoms with E-state index in [4.69, 9.17) is 0 Å². The van der Waals surface area contributed by atoms with Crippen LogP contribution < -0.4 is 5.32 Å². The van der Waals surface area contributed by atoms with E-state index in [1.165, 1.54) is 18.4 Å². The molecule has 0 unspecified atom stereocenters. The number of nitrogens with one attached hydrogen (secondary N) is 1. The van der Waals surface area contributed by atoms with Crippen LogP contribution in [-0.4, -0.2) is 22.2 Å². The van der Waals surface area contributed by atoms with Gasteiger partial charge in [-0.3, -0.25) is 4.79 Å². The lowest BCUT2D eigenvalue weighted by Gasteiger charge is -2.29. The van der Waals surface area contributed by atoms with E-state index in [0.29, 0.717) is 17.5 Å². The van der Waals surface area contributed by atoms with Crippen molar-refractivity contribution < 1.29 is 4.79 Å². The molecule has 4 nitrogen and oxygen atoms in total. The van der Waals surface area contributed by atoms with Crippen LogP contribution in [0.15, 0.2) is 72.9 Å². The fourth-order valence-corrected chi connectivity index (χ4v) is 4.00. The summed E-state index contributed by atoms with van der Waals surface area (Å²) in [6, 6.07) is 22.3. The first-order valence-corrected chi connectivity index (χ1v) is 9.74. The van der Waals surface area contributed by atoms with Crippen molar-refractivity contribution in [3.8, 4) is 5.69 Å². The first-order chi connectivity index (χ1) is 13.3. The van der Waals surface area contributed by atoms with Crippen LogP contribution in [0.1, 0.15) is 47.7 Å². The second kappa shape index (κ2) is 8.21. The number of benzene rings is 2. The second-order valence-corrected chi connectivity index (χ2v) is 7.30. The van der Waals surface area contributed by atoms with Crippen LogP contribution in [0.3, 0.4) is 0 Å². The summed E-state index contributed by atoms with van der Waals surface area (Å²) in [7, 11) is 0. The lowest BCUT2D eigenvalue weighted by molar-refractivity contribution is 0.0935. The molecule has 0 bridgehead atoms. The topological polar surface area (TPSA) is 46.9 Å². The number of hydrogen-bond acceptors (Lipinski definition) is 2. The van der Waals surface area contributed by atoms with Crippen LogP contribution in [-0.2, 0) is 0 Å². The summed E-state index contributed by atoms with van der Waals surface area (Å²) < 4.78 is 1.70. The quantitative estimate of drug-likeness (QED) is 0.725. The first kappa shape index (κ1) is 17.5. The maximum atomic E-state index is 12.7. The number of amides is 1.